The highest BCUT2D eigenvalue weighted by Gasteiger charge is 2.01. The van der Waals surface area contributed by atoms with Crippen molar-refractivity contribution in [2.45, 2.75) is 25.7 Å². The number of nitrogens with one attached hydrogen (secondary N) is 4. The van der Waals surface area contributed by atoms with Crippen LogP contribution in [0.5, 0.6) is 0 Å². The predicted molar refractivity (Wildman–Crippen MR) is 79.0 cm³/mol. The third-order valence-electron chi connectivity index (χ3n) is 3.00. The molecule has 1 heterocycles. The Balaban J connectivity index is 2.33. The van der Waals surface area contributed by atoms with E-state index in [9.17, 15) is 8.42 Å². The molecule has 0 amide bonds. The lowest BCUT2D eigenvalue weighted by atomic mass is 10.3. The molecule has 1 fully saturated rings. The molecular formula is C12H26N4O2S. The van der Waals surface area contributed by atoms with Crippen LogP contribution in [0.1, 0.15) is 25.7 Å². The first-order valence-electron chi connectivity index (χ1n) is 7.12. The standard InChI is InChI=1S/C12H26N4O2S/c17-19(18)12-4-11-15-8-2-7-13-5-1-6-14-9-3-10-16-12/h13-16H,1-11H2. The minimum Gasteiger partial charge on any atom is -0.317 e. The summed E-state index contributed by atoms with van der Waals surface area (Å²) in [5, 5.41) is 13.0. The van der Waals surface area contributed by atoms with Gasteiger partial charge in [-0.3, -0.25) is 5.32 Å². The molecule has 0 aromatic carbocycles. The van der Waals surface area contributed by atoms with Gasteiger partial charge in [-0.1, -0.05) is 0 Å². The Kier molecular flexibility index (Phi) is 9.92. The summed E-state index contributed by atoms with van der Waals surface area (Å²) in [6, 6.07) is 0. The lowest BCUT2D eigenvalue weighted by Gasteiger charge is -2.10. The zero-order valence-electron chi connectivity index (χ0n) is 11.5. The second-order valence-corrected chi connectivity index (χ2v) is 5.61. The Labute approximate surface area is 117 Å². The molecule has 1 saturated heterocycles. The minimum atomic E-state index is -2.13. The Morgan fingerprint density at radius 2 is 1.16 bits per heavy atom. The van der Waals surface area contributed by atoms with Gasteiger partial charge in [0.25, 0.3) is 0 Å². The van der Waals surface area contributed by atoms with Gasteiger partial charge in [-0.25, -0.2) is 0 Å². The monoisotopic (exact) mass is 290 g/mol. The molecule has 112 valence electrons. The SMILES string of the molecule is O=S(=O)=C1CCNCCCNCCCNCCCN1. The fourth-order valence-corrected chi connectivity index (χ4v) is 2.41. The third-order valence-corrected chi connectivity index (χ3v) is 3.75. The van der Waals surface area contributed by atoms with E-state index in [4.69, 9.17) is 0 Å². The summed E-state index contributed by atoms with van der Waals surface area (Å²) in [7, 11) is -2.13. The van der Waals surface area contributed by atoms with E-state index >= 15 is 0 Å². The van der Waals surface area contributed by atoms with Crippen molar-refractivity contribution in [3.05, 3.63) is 0 Å². The molecule has 6 nitrogen and oxygen atoms in total. The van der Waals surface area contributed by atoms with Gasteiger partial charge in [0.1, 0.15) is 4.99 Å². The van der Waals surface area contributed by atoms with Gasteiger partial charge in [0.2, 0.25) is 10.3 Å². The molecule has 1 rings (SSSR count). The largest absolute Gasteiger partial charge is 0.317 e. The van der Waals surface area contributed by atoms with Crippen LogP contribution < -0.4 is 21.3 Å². The fraction of sp³-hybridized carbons (Fsp3) is 0.917. The van der Waals surface area contributed by atoms with Crippen LogP contribution in [0.3, 0.4) is 0 Å². The zero-order valence-corrected chi connectivity index (χ0v) is 12.3. The molecule has 0 bridgehead atoms. The van der Waals surface area contributed by atoms with Gasteiger partial charge in [-0.05, 0) is 52.0 Å². The molecule has 0 aromatic rings. The van der Waals surface area contributed by atoms with E-state index in [1.165, 1.54) is 0 Å². The topological polar surface area (TPSA) is 82.3 Å². The van der Waals surface area contributed by atoms with Crippen molar-refractivity contribution in [1.29, 1.82) is 0 Å². The van der Waals surface area contributed by atoms with Crippen LogP contribution in [0.2, 0.25) is 0 Å². The molecule has 0 aliphatic carbocycles. The van der Waals surface area contributed by atoms with Crippen molar-refractivity contribution >= 4 is 15.3 Å². The van der Waals surface area contributed by atoms with E-state index in [0.29, 0.717) is 24.5 Å². The second kappa shape index (κ2) is 11.4. The Morgan fingerprint density at radius 1 is 0.684 bits per heavy atom. The molecule has 0 saturated carbocycles. The molecular weight excluding hydrogens is 264 g/mol. The minimum absolute atomic E-state index is 0.415. The maximum atomic E-state index is 11.0. The van der Waals surface area contributed by atoms with Crippen molar-refractivity contribution in [3.8, 4) is 0 Å². The molecule has 1 aliphatic rings. The summed E-state index contributed by atoms with van der Waals surface area (Å²) >= 11 is 0. The Hall–Kier alpha value is -0.470. The summed E-state index contributed by atoms with van der Waals surface area (Å²) in [6.07, 6.45) is 3.66. The van der Waals surface area contributed by atoms with Gasteiger partial charge in [0, 0.05) is 19.5 Å². The van der Waals surface area contributed by atoms with E-state index < -0.39 is 10.3 Å². The van der Waals surface area contributed by atoms with Crippen LogP contribution in [-0.2, 0) is 10.3 Å². The van der Waals surface area contributed by atoms with Crippen LogP contribution in [0.15, 0.2) is 0 Å². The van der Waals surface area contributed by atoms with E-state index in [1.807, 2.05) is 0 Å². The Bertz CT molecular complexity index is 331. The van der Waals surface area contributed by atoms with Gasteiger partial charge in [0.05, 0.1) is 0 Å². The zero-order chi connectivity index (χ0) is 13.8. The summed E-state index contributed by atoms with van der Waals surface area (Å²) in [5.41, 5.74) is 0. The lowest BCUT2D eigenvalue weighted by Crippen LogP contribution is -2.32. The molecule has 0 spiro atoms. The van der Waals surface area contributed by atoms with Crippen LogP contribution in [0, 0.1) is 0 Å². The van der Waals surface area contributed by atoms with Crippen molar-refractivity contribution < 1.29 is 8.42 Å². The molecule has 0 unspecified atom stereocenters. The van der Waals surface area contributed by atoms with Crippen LogP contribution in [0.25, 0.3) is 0 Å². The molecule has 4 N–H and O–H groups in total. The van der Waals surface area contributed by atoms with Gasteiger partial charge >= 0.3 is 0 Å². The molecule has 0 aromatic heterocycles. The van der Waals surface area contributed by atoms with Gasteiger partial charge in [0.15, 0.2) is 0 Å². The molecule has 0 radical (unpaired) electrons. The van der Waals surface area contributed by atoms with Crippen molar-refractivity contribution in [2.24, 2.45) is 0 Å². The molecule has 1 aliphatic heterocycles. The number of hydrogen-bond acceptors (Lipinski definition) is 5. The van der Waals surface area contributed by atoms with Crippen LogP contribution in [-0.4, -0.2) is 59.2 Å². The fourth-order valence-electron chi connectivity index (χ4n) is 1.93. The average Bonchev–Trinajstić information content (AvgIpc) is 2.38. The van der Waals surface area contributed by atoms with E-state index in [-0.39, 0.29) is 0 Å². The first-order valence-corrected chi connectivity index (χ1v) is 8.19. The van der Waals surface area contributed by atoms with E-state index in [0.717, 1.165) is 52.0 Å². The smallest absolute Gasteiger partial charge is 0.228 e. The highest BCUT2D eigenvalue weighted by atomic mass is 32.2. The third kappa shape index (κ3) is 9.12. The normalized spacial score (nSPS) is 22.0. The highest BCUT2D eigenvalue weighted by molar-refractivity contribution is 7.72. The first kappa shape index (κ1) is 16.6. The lowest BCUT2D eigenvalue weighted by molar-refractivity contribution is 0.557. The van der Waals surface area contributed by atoms with Crippen molar-refractivity contribution in [3.63, 3.8) is 0 Å². The summed E-state index contributed by atoms with van der Waals surface area (Å²) in [6.45, 7) is 6.32. The summed E-state index contributed by atoms with van der Waals surface area (Å²) in [5.74, 6) is 0. The van der Waals surface area contributed by atoms with Gasteiger partial charge in [-0.2, -0.15) is 8.42 Å². The first-order chi connectivity index (χ1) is 9.30. The Morgan fingerprint density at radius 3 is 1.68 bits per heavy atom. The number of rotatable bonds is 0. The van der Waals surface area contributed by atoms with Crippen molar-refractivity contribution in [2.75, 3.05) is 45.8 Å². The predicted octanol–water partition coefficient (Wildman–Crippen LogP) is -1.07. The van der Waals surface area contributed by atoms with Gasteiger partial charge in [-0.15, -0.1) is 0 Å². The second-order valence-electron chi connectivity index (χ2n) is 4.65. The summed E-state index contributed by atoms with van der Waals surface area (Å²) < 4.78 is 22.1. The number of hydrogen-bond donors (Lipinski definition) is 4. The highest BCUT2D eigenvalue weighted by Crippen LogP contribution is 1.84. The van der Waals surface area contributed by atoms with E-state index in [1.54, 1.807) is 0 Å². The maximum Gasteiger partial charge on any atom is 0.228 e. The van der Waals surface area contributed by atoms with Crippen molar-refractivity contribution in [1.82, 2.24) is 21.3 Å². The summed E-state index contributed by atoms with van der Waals surface area (Å²) in [4.78, 5) is 0.415. The van der Waals surface area contributed by atoms with Crippen LogP contribution in [0.4, 0.5) is 0 Å². The molecule has 0 atom stereocenters. The van der Waals surface area contributed by atoms with Gasteiger partial charge < -0.3 is 16.0 Å². The molecule has 19 heavy (non-hydrogen) atoms. The average molecular weight is 290 g/mol. The van der Waals surface area contributed by atoms with E-state index in [2.05, 4.69) is 21.3 Å². The van der Waals surface area contributed by atoms with Crippen LogP contribution >= 0.6 is 0 Å². The quantitative estimate of drug-likeness (QED) is 0.425. The maximum absolute atomic E-state index is 11.0. The molecule has 7 heteroatoms.